The number of hydrogen-bond donors (Lipinski definition) is 0. The maximum absolute atomic E-state index is 11.1. The predicted molar refractivity (Wildman–Crippen MR) is 34.8 cm³/mol. The van der Waals surface area contributed by atoms with Crippen molar-refractivity contribution in [3.8, 4) is 0 Å². The van der Waals surface area contributed by atoms with E-state index in [9.17, 15) is 4.79 Å². The number of pyridine rings is 1. The summed E-state index contributed by atoms with van der Waals surface area (Å²) in [6.07, 6.45) is 1.52. The summed E-state index contributed by atoms with van der Waals surface area (Å²) in [5, 5.41) is 14.5. The molecule has 0 spiro atoms. The highest BCUT2D eigenvalue weighted by atomic mass is 16.1. The van der Waals surface area contributed by atoms with Crippen molar-refractivity contribution in [2.45, 2.75) is 0 Å². The molecule has 2 aliphatic rings. The van der Waals surface area contributed by atoms with Gasteiger partial charge < -0.3 is 0 Å². The minimum absolute atomic E-state index is 0.220. The Labute approximate surface area is 59.9 Å². The van der Waals surface area contributed by atoms with Gasteiger partial charge in [-0.3, -0.25) is 4.79 Å². The third-order valence-electron chi connectivity index (χ3n) is 1.62. The molecule has 0 N–H and O–H groups in total. The van der Waals surface area contributed by atoms with Crippen LogP contribution in [0.4, 0.5) is 17.1 Å². The first-order chi connectivity index (χ1) is 5.36. The van der Waals surface area contributed by atoms with E-state index < -0.39 is 0 Å². The Morgan fingerprint density at radius 1 is 1.18 bits per heavy atom. The molecule has 0 saturated carbocycles. The largest absolute Gasteiger partial charge is 0.302 e. The third-order valence-corrected chi connectivity index (χ3v) is 1.62. The third kappa shape index (κ3) is 0.389. The van der Waals surface area contributed by atoms with Gasteiger partial charge >= 0.3 is 5.56 Å². The number of fused-ring (bicyclic) bond motifs is 4. The smallest absolute Gasteiger partial charge is 0.265 e. The van der Waals surface area contributed by atoms with Crippen molar-refractivity contribution in [3.05, 3.63) is 16.6 Å². The number of azo groups is 1. The monoisotopic (exact) mass is 147 g/mol. The first-order valence-electron chi connectivity index (χ1n) is 3.00. The van der Waals surface area contributed by atoms with Gasteiger partial charge in [-0.05, 0) is 0 Å². The number of rotatable bonds is 0. The molecule has 6 heteroatoms. The van der Waals surface area contributed by atoms with E-state index in [-0.39, 0.29) is 5.56 Å². The van der Waals surface area contributed by atoms with Crippen LogP contribution < -0.4 is 5.56 Å². The van der Waals surface area contributed by atoms with Gasteiger partial charge in [-0.25, -0.2) is 0 Å². The highest BCUT2D eigenvalue weighted by Crippen LogP contribution is 2.44. The average Bonchev–Trinajstić information content (AvgIpc) is 2.20. The van der Waals surface area contributed by atoms with Crippen LogP contribution in [-0.4, -0.2) is 4.68 Å². The zero-order valence-electron chi connectivity index (χ0n) is 5.22. The Morgan fingerprint density at radius 2 is 2.09 bits per heavy atom. The summed E-state index contributed by atoms with van der Waals surface area (Å²) in [5.74, 6) is 0. The van der Waals surface area contributed by atoms with Crippen LogP contribution in [0.2, 0.25) is 0 Å². The van der Waals surface area contributed by atoms with E-state index in [4.69, 9.17) is 0 Å². The minimum Gasteiger partial charge on any atom is -0.265 e. The molecule has 2 aliphatic heterocycles. The SMILES string of the molecule is O=c1c2c3c(cn1N=N2)N=N3. The highest BCUT2D eigenvalue weighted by Gasteiger charge is 2.24. The van der Waals surface area contributed by atoms with Crippen LogP contribution in [0.5, 0.6) is 0 Å². The fourth-order valence-corrected chi connectivity index (χ4v) is 1.05. The molecule has 0 aromatic carbocycles. The van der Waals surface area contributed by atoms with Crippen LogP contribution in [0.25, 0.3) is 0 Å². The van der Waals surface area contributed by atoms with Crippen LogP contribution in [0.1, 0.15) is 0 Å². The van der Waals surface area contributed by atoms with Crippen molar-refractivity contribution < 1.29 is 0 Å². The second kappa shape index (κ2) is 1.26. The molecule has 3 heterocycles. The van der Waals surface area contributed by atoms with E-state index >= 15 is 0 Å². The number of aromatic nitrogens is 1. The normalized spacial score (nSPS) is 14.9. The van der Waals surface area contributed by atoms with Crippen molar-refractivity contribution in [1.29, 1.82) is 0 Å². The molecule has 0 aliphatic carbocycles. The number of hydrogen-bond acceptors (Lipinski definition) is 5. The van der Waals surface area contributed by atoms with Gasteiger partial charge in [-0.1, -0.05) is 5.22 Å². The van der Waals surface area contributed by atoms with Crippen molar-refractivity contribution in [2.75, 3.05) is 0 Å². The van der Waals surface area contributed by atoms with Gasteiger partial charge in [0, 0.05) is 0 Å². The van der Waals surface area contributed by atoms with Gasteiger partial charge in [0.2, 0.25) is 0 Å². The van der Waals surface area contributed by atoms with E-state index in [1.807, 2.05) is 0 Å². The lowest BCUT2D eigenvalue weighted by Gasteiger charge is -2.04. The average molecular weight is 147 g/mol. The van der Waals surface area contributed by atoms with E-state index in [1.165, 1.54) is 6.20 Å². The van der Waals surface area contributed by atoms with Crippen molar-refractivity contribution in [3.63, 3.8) is 0 Å². The lowest BCUT2D eigenvalue weighted by atomic mass is 10.3. The first kappa shape index (κ1) is 4.89. The molecule has 0 radical (unpaired) electrons. The first-order valence-corrected chi connectivity index (χ1v) is 3.00. The van der Waals surface area contributed by atoms with Gasteiger partial charge in [0.15, 0.2) is 5.69 Å². The standard InChI is InChI=1S/C5HN5O/c11-5-4-3-2(6-7-3)1-10(5)9-8-4/h1H. The molecular formula is C5HN5O. The van der Waals surface area contributed by atoms with Crippen LogP contribution >= 0.6 is 0 Å². The summed E-state index contributed by atoms with van der Waals surface area (Å²) >= 11 is 0. The summed E-state index contributed by atoms with van der Waals surface area (Å²) in [6, 6.07) is 0. The predicted octanol–water partition coefficient (Wildman–Crippen LogP) is 1.44. The summed E-state index contributed by atoms with van der Waals surface area (Å²) in [7, 11) is 0. The molecule has 3 rings (SSSR count). The Balaban J connectivity index is 2.60. The topological polar surface area (TPSA) is 71.4 Å². The van der Waals surface area contributed by atoms with E-state index in [2.05, 4.69) is 20.6 Å². The van der Waals surface area contributed by atoms with Gasteiger partial charge in [0.25, 0.3) is 0 Å². The van der Waals surface area contributed by atoms with E-state index in [0.717, 1.165) is 4.68 Å². The van der Waals surface area contributed by atoms with E-state index in [0.29, 0.717) is 17.1 Å². The second-order valence-electron chi connectivity index (χ2n) is 2.25. The molecule has 0 fully saturated rings. The van der Waals surface area contributed by atoms with Gasteiger partial charge in [-0.15, -0.1) is 15.3 Å². The zero-order valence-corrected chi connectivity index (χ0v) is 5.22. The van der Waals surface area contributed by atoms with Gasteiger partial charge in [0.1, 0.15) is 11.4 Å². The Hall–Kier alpha value is -1.85. The molecule has 11 heavy (non-hydrogen) atoms. The summed E-state index contributed by atoms with van der Waals surface area (Å²) < 4.78 is 1.16. The molecule has 6 nitrogen and oxygen atoms in total. The number of nitrogens with zero attached hydrogens (tertiary/aromatic N) is 5. The van der Waals surface area contributed by atoms with Gasteiger partial charge in [-0.2, -0.15) is 4.68 Å². The van der Waals surface area contributed by atoms with E-state index in [1.54, 1.807) is 0 Å². The van der Waals surface area contributed by atoms with Crippen LogP contribution in [0, 0.1) is 0 Å². The summed E-state index contributed by atoms with van der Waals surface area (Å²) in [4.78, 5) is 11.1. The minimum atomic E-state index is -0.220. The molecule has 0 atom stereocenters. The quantitative estimate of drug-likeness (QED) is 0.474. The summed E-state index contributed by atoms with van der Waals surface area (Å²) in [6.45, 7) is 0. The fraction of sp³-hybridized carbons (Fsp3) is 0. The van der Waals surface area contributed by atoms with Crippen molar-refractivity contribution in [2.24, 2.45) is 20.6 Å². The molecule has 1 aromatic heterocycles. The fourth-order valence-electron chi connectivity index (χ4n) is 1.05. The molecular weight excluding hydrogens is 146 g/mol. The van der Waals surface area contributed by atoms with Crippen LogP contribution in [0.15, 0.2) is 31.6 Å². The Bertz CT molecular complexity index is 468. The maximum atomic E-state index is 11.1. The second-order valence-corrected chi connectivity index (χ2v) is 2.25. The zero-order chi connectivity index (χ0) is 7.42. The van der Waals surface area contributed by atoms with Gasteiger partial charge in [0.05, 0.1) is 6.20 Å². The molecule has 0 saturated heterocycles. The van der Waals surface area contributed by atoms with Crippen LogP contribution in [-0.2, 0) is 0 Å². The lowest BCUT2D eigenvalue weighted by Crippen LogP contribution is -2.10. The highest BCUT2D eigenvalue weighted by molar-refractivity contribution is 5.77. The molecule has 0 unspecified atom stereocenters. The molecule has 1 aromatic rings. The molecule has 2 bridgehead atoms. The van der Waals surface area contributed by atoms with Crippen LogP contribution in [0.3, 0.4) is 0 Å². The Kier molecular flexibility index (Phi) is 0.562. The molecule has 0 amide bonds. The maximum Gasteiger partial charge on any atom is 0.302 e. The van der Waals surface area contributed by atoms with Crippen molar-refractivity contribution >= 4 is 17.1 Å². The molecule has 52 valence electrons. The summed E-state index contributed by atoms with van der Waals surface area (Å²) in [5.41, 5.74) is 1.33. The van der Waals surface area contributed by atoms with Crippen molar-refractivity contribution in [1.82, 2.24) is 4.68 Å². The lowest BCUT2D eigenvalue weighted by molar-refractivity contribution is 0.815. The Morgan fingerprint density at radius 3 is 2.82 bits per heavy atom.